The summed E-state index contributed by atoms with van der Waals surface area (Å²) in [4.78, 5) is 28.3. The summed E-state index contributed by atoms with van der Waals surface area (Å²) in [6.07, 6.45) is 1.69. The van der Waals surface area contributed by atoms with Crippen LogP contribution in [0.1, 0.15) is 21.5 Å². The minimum absolute atomic E-state index is 0.166. The number of amidine groups is 1. The molecule has 1 amide bonds. The number of methoxy groups -OCH3 is 1. The molecule has 3 aromatic carbocycles. The minimum atomic E-state index is -0.996. The number of nitrogens with zero attached hydrogens (tertiary/aromatic N) is 1. The first-order chi connectivity index (χ1) is 16.8. The third-order valence-corrected chi connectivity index (χ3v) is 6.28. The van der Waals surface area contributed by atoms with Crippen molar-refractivity contribution < 1.29 is 24.2 Å². The van der Waals surface area contributed by atoms with Gasteiger partial charge in [0.15, 0.2) is 16.7 Å². The fraction of sp³-hybridized carbons (Fsp3) is 0.0800. The molecule has 178 valence electrons. The maximum atomic E-state index is 12.4. The first kappa shape index (κ1) is 24.7. The van der Waals surface area contributed by atoms with E-state index in [1.54, 1.807) is 54.6 Å². The molecule has 0 aliphatic carbocycles. The molecule has 2 N–H and O–H groups in total. The van der Waals surface area contributed by atoms with Crippen LogP contribution in [0, 0.1) is 0 Å². The van der Waals surface area contributed by atoms with E-state index in [1.807, 2.05) is 0 Å². The molecular weight excluding hydrogens is 511 g/mol. The first-order valence-electron chi connectivity index (χ1n) is 10.2. The Morgan fingerprint density at radius 1 is 1.11 bits per heavy atom. The van der Waals surface area contributed by atoms with E-state index in [1.165, 1.54) is 31.0 Å². The molecule has 35 heavy (non-hydrogen) atoms. The van der Waals surface area contributed by atoms with E-state index in [9.17, 15) is 9.59 Å². The van der Waals surface area contributed by atoms with Crippen LogP contribution in [0.2, 0.25) is 10.0 Å². The van der Waals surface area contributed by atoms with Gasteiger partial charge < -0.3 is 19.9 Å². The average molecular weight is 529 g/mol. The molecule has 4 rings (SSSR count). The molecule has 0 aromatic heterocycles. The van der Waals surface area contributed by atoms with Crippen LogP contribution in [0.4, 0.5) is 5.69 Å². The lowest BCUT2D eigenvalue weighted by molar-refractivity contribution is -0.115. The first-order valence-corrected chi connectivity index (χ1v) is 11.8. The maximum Gasteiger partial charge on any atom is 0.335 e. The molecule has 3 aromatic rings. The van der Waals surface area contributed by atoms with Crippen LogP contribution in [-0.4, -0.2) is 29.3 Å². The van der Waals surface area contributed by atoms with Crippen molar-refractivity contribution in [1.29, 1.82) is 0 Å². The molecule has 10 heteroatoms. The Morgan fingerprint density at radius 2 is 1.83 bits per heavy atom. The topological polar surface area (TPSA) is 97.2 Å². The molecule has 1 fully saturated rings. The fourth-order valence-corrected chi connectivity index (χ4v) is 4.37. The SMILES string of the molecule is COc1cc(/C=C2\SC(=Nc3ccc(Cl)cc3)NC2=O)cc(Cl)c1OCc1ccc(C(=O)O)cc1. The number of carbonyl (C=O) groups excluding carboxylic acids is 1. The number of carboxylic acid groups (broad SMARTS) is 1. The lowest BCUT2D eigenvalue weighted by Gasteiger charge is -2.13. The van der Waals surface area contributed by atoms with Gasteiger partial charge in [-0.2, -0.15) is 0 Å². The summed E-state index contributed by atoms with van der Waals surface area (Å²) in [5.74, 6) is -0.538. The number of benzene rings is 3. The van der Waals surface area contributed by atoms with Gasteiger partial charge in [0.25, 0.3) is 5.91 Å². The molecule has 1 aliphatic rings. The highest BCUT2D eigenvalue weighted by Crippen LogP contribution is 2.38. The lowest BCUT2D eigenvalue weighted by Crippen LogP contribution is -2.19. The number of rotatable bonds is 7. The van der Waals surface area contributed by atoms with Crippen LogP contribution >= 0.6 is 35.0 Å². The smallest absolute Gasteiger partial charge is 0.335 e. The summed E-state index contributed by atoms with van der Waals surface area (Å²) < 4.78 is 11.3. The van der Waals surface area contributed by atoms with Gasteiger partial charge in [-0.15, -0.1) is 0 Å². The van der Waals surface area contributed by atoms with Crippen LogP contribution in [0.5, 0.6) is 11.5 Å². The van der Waals surface area contributed by atoms with Crippen LogP contribution in [0.25, 0.3) is 6.08 Å². The highest BCUT2D eigenvalue weighted by Gasteiger charge is 2.24. The number of aliphatic imine (C=N–C) groups is 1. The van der Waals surface area contributed by atoms with Crippen molar-refractivity contribution in [2.45, 2.75) is 6.61 Å². The van der Waals surface area contributed by atoms with E-state index in [2.05, 4.69) is 10.3 Å². The van der Waals surface area contributed by atoms with Gasteiger partial charge in [-0.25, -0.2) is 9.79 Å². The van der Waals surface area contributed by atoms with E-state index in [-0.39, 0.29) is 18.1 Å². The Bertz CT molecular complexity index is 1340. The van der Waals surface area contributed by atoms with Crippen molar-refractivity contribution in [2.24, 2.45) is 4.99 Å². The molecule has 0 atom stereocenters. The van der Waals surface area contributed by atoms with Crippen LogP contribution in [-0.2, 0) is 11.4 Å². The number of halogens is 2. The molecule has 0 saturated carbocycles. The molecule has 0 spiro atoms. The standard InChI is InChI=1S/C25H18Cl2N2O5S/c1-33-20-11-15(10-19(27)22(20)34-13-14-2-4-16(5-3-14)24(31)32)12-21-23(30)29-25(35-21)28-18-8-6-17(26)7-9-18/h2-12H,13H2,1H3,(H,31,32)(H,28,29,30)/b21-12-. The van der Waals surface area contributed by atoms with Gasteiger partial charge >= 0.3 is 5.97 Å². The summed E-state index contributed by atoms with van der Waals surface area (Å²) in [5, 5.41) is 13.1. The number of hydrogen-bond donors (Lipinski definition) is 2. The molecule has 7 nitrogen and oxygen atoms in total. The number of hydrogen-bond acceptors (Lipinski definition) is 6. The highest BCUT2D eigenvalue weighted by molar-refractivity contribution is 8.18. The van der Waals surface area contributed by atoms with Gasteiger partial charge in [0.2, 0.25) is 0 Å². The number of aromatic carboxylic acids is 1. The third-order valence-electron chi connectivity index (χ3n) is 4.84. The van der Waals surface area contributed by atoms with Gasteiger partial charge in [-0.1, -0.05) is 35.3 Å². The van der Waals surface area contributed by atoms with E-state index >= 15 is 0 Å². The maximum absolute atomic E-state index is 12.4. The van der Waals surface area contributed by atoms with Crippen molar-refractivity contribution in [3.8, 4) is 11.5 Å². The second-order valence-corrected chi connectivity index (χ2v) is 9.16. The molecule has 0 bridgehead atoms. The summed E-state index contributed by atoms with van der Waals surface area (Å²) >= 11 is 13.6. The fourth-order valence-electron chi connectivity index (χ4n) is 3.13. The van der Waals surface area contributed by atoms with Crippen molar-refractivity contribution in [2.75, 3.05) is 7.11 Å². The van der Waals surface area contributed by atoms with Crippen molar-refractivity contribution >= 4 is 63.8 Å². The van der Waals surface area contributed by atoms with Crippen LogP contribution in [0.15, 0.2) is 70.6 Å². The lowest BCUT2D eigenvalue weighted by atomic mass is 10.1. The van der Waals surface area contributed by atoms with Crippen molar-refractivity contribution in [3.63, 3.8) is 0 Å². The van der Waals surface area contributed by atoms with E-state index < -0.39 is 5.97 Å². The van der Waals surface area contributed by atoms with Gasteiger partial charge in [0.1, 0.15) is 6.61 Å². The number of nitrogens with one attached hydrogen (secondary N) is 1. The quantitative estimate of drug-likeness (QED) is 0.356. The summed E-state index contributed by atoms with van der Waals surface area (Å²) in [6, 6.07) is 16.7. The zero-order valence-electron chi connectivity index (χ0n) is 18.2. The normalized spacial score (nSPS) is 15.3. The van der Waals surface area contributed by atoms with Gasteiger partial charge in [0.05, 0.1) is 28.3 Å². The minimum Gasteiger partial charge on any atom is -0.493 e. The molecule has 1 heterocycles. The average Bonchev–Trinajstić information content (AvgIpc) is 3.18. The second-order valence-electron chi connectivity index (χ2n) is 7.28. The zero-order chi connectivity index (χ0) is 24.9. The summed E-state index contributed by atoms with van der Waals surface area (Å²) in [6.45, 7) is 0.166. The van der Waals surface area contributed by atoms with E-state index in [4.69, 9.17) is 37.8 Å². The Balaban J connectivity index is 1.50. The summed E-state index contributed by atoms with van der Waals surface area (Å²) in [7, 11) is 1.49. The zero-order valence-corrected chi connectivity index (χ0v) is 20.6. The number of amides is 1. The predicted molar refractivity (Wildman–Crippen MR) is 138 cm³/mol. The number of carboxylic acids is 1. The van der Waals surface area contributed by atoms with E-state index in [0.29, 0.717) is 42.9 Å². The Kier molecular flexibility index (Phi) is 7.65. The largest absolute Gasteiger partial charge is 0.493 e. The van der Waals surface area contributed by atoms with Crippen LogP contribution < -0.4 is 14.8 Å². The number of ether oxygens (including phenoxy) is 2. The second kappa shape index (κ2) is 10.9. The van der Waals surface area contributed by atoms with Crippen LogP contribution in [0.3, 0.4) is 0 Å². The molecule has 0 radical (unpaired) electrons. The Labute approximate surface area is 215 Å². The third kappa shape index (κ3) is 6.16. The van der Waals surface area contributed by atoms with E-state index in [0.717, 1.165) is 5.56 Å². The number of carbonyl (C=O) groups is 2. The molecule has 1 aliphatic heterocycles. The number of thioether (sulfide) groups is 1. The molecule has 0 unspecified atom stereocenters. The predicted octanol–water partition coefficient (Wildman–Crippen LogP) is 6.17. The monoisotopic (exact) mass is 528 g/mol. The molecular formula is C25H18Cl2N2O5S. The Morgan fingerprint density at radius 3 is 2.49 bits per heavy atom. The summed E-state index contributed by atoms with van der Waals surface area (Å²) in [5.41, 5.74) is 2.28. The van der Waals surface area contributed by atoms with Gasteiger partial charge in [0, 0.05) is 5.02 Å². The van der Waals surface area contributed by atoms with Crippen molar-refractivity contribution in [1.82, 2.24) is 5.32 Å². The van der Waals surface area contributed by atoms with Gasteiger partial charge in [-0.3, -0.25) is 4.79 Å². The van der Waals surface area contributed by atoms with Gasteiger partial charge in [-0.05, 0) is 77.5 Å². The van der Waals surface area contributed by atoms with Crippen molar-refractivity contribution in [3.05, 3.63) is 92.3 Å². The molecule has 1 saturated heterocycles. The Hall–Kier alpha value is -3.46. The highest BCUT2D eigenvalue weighted by atomic mass is 35.5.